The molecular weight excluding hydrogens is 233 g/mol. The van der Waals surface area contributed by atoms with Gasteiger partial charge in [-0.25, -0.2) is 0 Å². The van der Waals surface area contributed by atoms with Crippen LogP contribution in [-0.4, -0.2) is 18.3 Å². The summed E-state index contributed by atoms with van der Waals surface area (Å²) in [6, 6.07) is 4.45. The van der Waals surface area contributed by atoms with Gasteiger partial charge < -0.3 is 9.84 Å². The molecule has 0 aromatic heterocycles. The van der Waals surface area contributed by atoms with E-state index in [9.17, 15) is 18.3 Å². The topological polar surface area (TPSA) is 29.5 Å². The summed E-state index contributed by atoms with van der Waals surface area (Å²) < 4.78 is 42.0. The molecule has 1 aromatic carbocycles. The number of rotatable bonds is 5. The van der Waals surface area contributed by atoms with E-state index < -0.39 is 17.8 Å². The van der Waals surface area contributed by atoms with Crippen LogP contribution < -0.4 is 0 Å². The van der Waals surface area contributed by atoms with Crippen LogP contribution in [0.1, 0.15) is 30.6 Å². The van der Waals surface area contributed by atoms with E-state index >= 15 is 0 Å². The lowest BCUT2D eigenvalue weighted by Crippen LogP contribution is -2.09. The lowest BCUT2D eigenvalue weighted by Gasteiger charge is -2.12. The number of aliphatic hydroxyl groups is 1. The molecule has 0 aliphatic carbocycles. The minimum Gasteiger partial charge on any atom is -0.386 e. The van der Waals surface area contributed by atoms with Crippen LogP contribution in [0.2, 0.25) is 0 Å². The van der Waals surface area contributed by atoms with Crippen molar-refractivity contribution in [2.45, 2.75) is 25.6 Å². The first-order valence-electron chi connectivity index (χ1n) is 5.38. The average Bonchev–Trinajstić information content (AvgIpc) is 2.28. The second-order valence-electron chi connectivity index (χ2n) is 3.71. The van der Waals surface area contributed by atoms with Gasteiger partial charge in [-0.05, 0) is 24.1 Å². The molecule has 0 amide bonds. The van der Waals surface area contributed by atoms with Crippen molar-refractivity contribution in [1.82, 2.24) is 0 Å². The first-order chi connectivity index (χ1) is 7.95. The number of aliphatic hydroxyl groups excluding tert-OH is 1. The molecule has 0 saturated carbocycles. The van der Waals surface area contributed by atoms with Crippen molar-refractivity contribution in [3.63, 3.8) is 0 Å². The third kappa shape index (κ3) is 4.36. The van der Waals surface area contributed by atoms with E-state index in [2.05, 4.69) is 0 Å². The molecule has 1 unspecified atom stereocenters. The Hall–Kier alpha value is -1.07. The number of benzene rings is 1. The number of hydrogen-bond donors (Lipinski definition) is 1. The van der Waals surface area contributed by atoms with E-state index in [0.717, 1.165) is 18.6 Å². The minimum atomic E-state index is -4.35. The van der Waals surface area contributed by atoms with Crippen molar-refractivity contribution in [3.05, 3.63) is 35.4 Å². The summed E-state index contributed by atoms with van der Waals surface area (Å²) in [5.74, 6) is 0. The molecule has 1 rings (SSSR count). The van der Waals surface area contributed by atoms with Gasteiger partial charge in [0, 0.05) is 6.61 Å². The maximum absolute atomic E-state index is 12.3. The molecule has 2 nitrogen and oxygen atoms in total. The van der Waals surface area contributed by atoms with Crippen LogP contribution in [0.3, 0.4) is 0 Å². The monoisotopic (exact) mass is 248 g/mol. The lowest BCUT2D eigenvalue weighted by molar-refractivity contribution is -0.137. The molecule has 0 aliphatic rings. The van der Waals surface area contributed by atoms with Crippen molar-refractivity contribution < 1.29 is 23.0 Å². The zero-order chi connectivity index (χ0) is 12.9. The maximum Gasteiger partial charge on any atom is 0.416 e. The fraction of sp³-hybridized carbons (Fsp3) is 0.500. The summed E-state index contributed by atoms with van der Waals surface area (Å²) in [7, 11) is 0. The van der Waals surface area contributed by atoms with E-state index in [1.807, 2.05) is 6.92 Å². The van der Waals surface area contributed by atoms with Crippen LogP contribution in [0.15, 0.2) is 24.3 Å². The molecule has 0 saturated heterocycles. The largest absolute Gasteiger partial charge is 0.416 e. The summed E-state index contributed by atoms with van der Waals surface area (Å²) >= 11 is 0. The highest BCUT2D eigenvalue weighted by Crippen LogP contribution is 2.29. The van der Waals surface area contributed by atoms with Crippen molar-refractivity contribution in [3.8, 4) is 0 Å². The van der Waals surface area contributed by atoms with E-state index in [1.54, 1.807) is 0 Å². The van der Waals surface area contributed by atoms with Gasteiger partial charge in [-0.1, -0.05) is 19.1 Å². The molecule has 96 valence electrons. The zero-order valence-corrected chi connectivity index (χ0v) is 9.50. The molecule has 0 radical (unpaired) electrons. The summed E-state index contributed by atoms with van der Waals surface area (Å²) in [6.07, 6.45) is -4.40. The van der Waals surface area contributed by atoms with Gasteiger partial charge in [0.1, 0.15) is 6.10 Å². The van der Waals surface area contributed by atoms with Gasteiger partial charge in [0.2, 0.25) is 0 Å². The highest BCUT2D eigenvalue weighted by atomic mass is 19.4. The third-order valence-corrected chi connectivity index (χ3v) is 2.25. The quantitative estimate of drug-likeness (QED) is 0.811. The van der Waals surface area contributed by atoms with Gasteiger partial charge >= 0.3 is 6.18 Å². The molecule has 0 fully saturated rings. The third-order valence-electron chi connectivity index (χ3n) is 2.25. The first kappa shape index (κ1) is 14.0. The van der Waals surface area contributed by atoms with Gasteiger partial charge in [0.25, 0.3) is 0 Å². The lowest BCUT2D eigenvalue weighted by atomic mass is 10.1. The van der Waals surface area contributed by atoms with E-state index in [-0.39, 0.29) is 6.61 Å². The second kappa shape index (κ2) is 6.02. The molecule has 1 aromatic rings. The van der Waals surface area contributed by atoms with Gasteiger partial charge in [-0.15, -0.1) is 0 Å². The van der Waals surface area contributed by atoms with Gasteiger partial charge in [0.15, 0.2) is 0 Å². The van der Waals surface area contributed by atoms with Crippen LogP contribution in [0.4, 0.5) is 13.2 Å². The Morgan fingerprint density at radius 1 is 1.24 bits per heavy atom. The Kier molecular flexibility index (Phi) is 4.96. The molecule has 0 aliphatic heterocycles. The molecule has 1 atom stereocenters. The summed E-state index contributed by atoms with van der Waals surface area (Å²) in [5.41, 5.74) is -0.294. The Morgan fingerprint density at radius 3 is 2.29 bits per heavy atom. The van der Waals surface area contributed by atoms with Crippen LogP contribution in [-0.2, 0) is 10.9 Å². The Morgan fingerprint density at radius 2 is 1.82 bits per heavy atom. The van der Waals surface area contributed by atoms with Crippen LogP contribution in [0.5, 0.6) is 0 Å². The zero-order valence-electron chi connectivity index (χ0n) is 9.50. The maximum atomic E-state index is 12.3. The van der Waals surface area contributed by atoms with E-state index in [1.165, 1.54) is 12.1 Å². The number of hydrogen-bond acceptors (Lipinski definition) is 2. The van der Waals surface area contributed by atoms with Crippen molar-refractivity contribution in [2.24, 2.45) is 0 Å². The van der Waals surface area contributed by atoms with Crippen molar-refractivity contribution in [1.29, 1.82) is 0 Å². The first-order valence-corrected chi connectivity index (χ1v) is 5.38. The molecule has 5 heteroatoms. The molecule has 0 bridgehead atoms. The summed E-state index contributed by atoms with van der Waals surface area (Å²) in [6.45, 7) is 2.56. The number of halogens is 3. The fourth-order valence-electron chi connectivity index (χ4n) is 1.33. The molecule has 0 heterocycles. The van der Waals surface area contributed by atoms with Crippen molar-refractivity contribution in [2.75, 3.05) is 13.2 Å². The minimum absolute atomic E-state index is 0.0964. The predicted molar refractivity (Wildman–Crippen MR) is 57.5 cm³/mol. The highest BCUT2D eigenvalue weighted by molar-refractivity contribution is 5.26. The van der Waals surface area contributed by atoms with Crippen LogP contribution in [0, 0.1) is 0 Å². The molecule has 1 N–H and O–H groups in total. The SMILES string of the molecule is CCCOCC(O)c1ccc(C(F)(F)F)cc1. The number of alkyl halides is 3. The van der Waals surface area contributed by atoms with Gasteiger partial charge in [-0.3, -0.25) is 0 Å². The Bertz CT molecular complexity index is 333. The Balaban J connectivity index is 2.61. The van der Waals surface area contributed by atoms with Crippen molar-refractivity contribution >= 4 is 0 Å². The van der Waals surface area contributed by atoms with E-state index in [4.69, 9.17) is 4.74 Å². The molecule has 0 spiro atoms. The van der Waals surface area contributed by atoms with E-state index in [0.29, 0.717) is 12.2 Å². The average molecular weight is 248 g/mol. The Labute approximate surface area is 98.0 Å². The predicted octanol–water partition coefficient (Wildman–Crippen LogP) is 3.17. The second-order valence-corrected chi connectivity index (χ2v) is 3.71. The van der Waals surface area contributed by atoms with Gasteiger partial charge in [0.05, 0.1) is 12.2 Å². The van der Waals surface area contributed by atoms with Crippen LogP contribution >= 0.6 is 0 Å². The molecule has 17 heavy (non-hydrogen) atoms. The summed E-state index contributed by atoms with van der Waals surface area (Å²) in [4.78, 5) is 0. The smallest absolute Gasteiger partial charge is 0.386 e. The summed E-state index contributed by atoms with van der Waals surface area (Å²) in [5, 5.41) is 9.63. The number of ether oxygens (including phenoxy) is 1. The standard InChI is InChI=1S/C12H15F3O2/c1-2-7-17-8-11(16)9-3-5-10(6-4-9)12(13,14)15/h3-6,11,16H,2,7-8H2,1H3. The van der Waals surface area contributed by atoms with Crippen LogP contribution in [0.25, 0.3) is 0 Å². The molecular formula is C12H15F3O2. The fourth-order valence-corrected chi connectivity index (χ4v) is 1.33. The van der Waals surface area contributed by atoms with Gasteiger partial charge in [-0.2, -0.15) is 13.2 Å². The normalized spacial score (nSPS) is 13.7. The highest BCUT2D eigenvalue weighted by Gasteiger charge is 2.30.